The number of hydrogen-bond donors (Lipinski definition) is 0. The van der Waals surface area contributed by atoms with E-state index in [2.05, 4.69) is 0 Å². The van der Waals surface area contributed by atoms with Gasteiger partial charge in [-0.25, -0.2) is 0 Å². The molecule has 0 radical (unpaired) electrons. The van der Waals surface area contributed by atoms with Crippen LogP contribution in [0.4, 0.5) is 22.7 Å². The second-order valence-electron chi connectivity index (χ2n) is 7.44. The molecule has 0 spiro atoms. The molecule has 13 nitrogen and oxygen atoms in total. The van der Waals surface area contributed by atoms with Gasteiger partial charge in [0.1, 0.15) is 0 Å². The summed E-state index contributed by atoms with van der Waals surface area (Å²) in [5.74, 6) is -0.577. The first-order valence-corrected chi connectivity index (χ1v) is 11.6. The number of carbonyl (C=O) groups excluding carboxylic acids is 1. The molecule has 3 aromatic carbocycles. The fourth-order valence-corrected chi connectivity index (χ4v) is 4.72. The maximum absolute atomic E-state index is 13.2. The first-order chi connectivity index (χ1) is 18.1. The molecule has 4 rings (SSSR count). The summed E-state index contributed by atoms with van der Waals surface area (Å²) in [6, 6.07) is 13.0. The molecular weight excluding hydrogens is 540 g/mol. The molecule has 1 aliphatic rings. The Hall–Kier alpha value is -4.89. The van der Waals surface area contributed by atoms with Crippen LogP contribution in [0.3, 0.4) is 0 Å². The lowest BCUT2D eigenvalue weighted by molar-refractivity contribution is -0.394. The highest BCUT2D eigenvalue weighted by Crippen LogP contribution is 2.43. The molecular formula is C23H14N4O9S2. The molecule has 38 heavy (non-hydrogen) atoms. The van der Waals surface area contributed by atoms with Gasteiger partial charge in [0.2, 0.25) is 5.75 Å². The zero-order valence-corrected chi connectivity index (χ0v) is 20.8. The molecule has 15 heteroatoms. The van der Waals surface area contributed by atoms with Gasteiger partial charge in [0, 0.05) is 23.8 Å². The first-order valence-electron chi connectivity index (χ1n) is 10.4. The molecule has 0 unspecified atom stereocenters. The van der Waals surface area contributed by atoms with Crippen LogP contribution in [-0.4, -0.2) is 32.1 Å². The Morgan fingerprint density at radius 3 is 2.16 bits per heavy atom. The van der Waals surface area contributed by atoms with Gasteiger partial charge in [-0.1, -0.05) is 36.1 Å². The zero-order valence-electron chi connectivity index (χ0n) is 19.1. The number of nitro groups is 3. The van der Waals surface area contributed by atoms with Gasteiger partial charge in [0.05, 0.1) is 38.5 Å². The molecule has 0 aromatic heterocycles. The van der Waals surface area contributed by atoms with E-state index in [4.69, 9.17) is 21.7 Å². The number of rotatable bonds is 8. The highest BCUT2D eigenvalue weighted by atomic mass is 32.2. The van der Waals surface area contributed by atoms with Crippen molar-refractivity contribution in [1.82, 2.24) is 0 Å². The van der Waals surface area contributed by atoms with Gasteiger partial charge in [0.15, 0.2) is 15.8 Å². The number of ether oxygens (including phenoxy) is 2. The summed E-state index contributed by atoms with van der Waals surface area (Å²) in [4.78, 5) is 46.0. The zero-order chi connectivity index (χ0) is 27.6. The Morgan fingerprint density at radius 1 is 0.895 bits per heavy atom. The minimum atomic E-state index is -0.813. The van der Waals surface area contributed by atoms with Gasteiger partial charge in [-0.15, -0.1) is 0 Å². The number of nitrogens with zero attached hydrogens (tertiary/aromatic N) is 4. The summed E-state index contributed by atoms with van der Waals surface area (Å²) in [6.07, 6.45) is 1.46. The monoisotopic (exact) mass is 554 g/mol. The second-order valence-corrected chi connectivity index (χ2v) is 9.11. The molecule has 1 saturated heterocycles. The third-order valence-corrected chi connectivity index (χ3v) is 6.49. The van der Waals surface area contributed by atoms with Gasteiger partial charge in [-0.05, 0) is 30.3 Å². The average molecular weight is 555 g/mol. The van der Waals surface area contributed by atoms with Gasteiger partial charge in [-0.3, -0.25) is 40.0 Å². The SMILES string of the molecule is COc1cccc(/C=C2\SC(=S)N(c3ccc([N+](=O)[O-])cc3)C2=O)c1Oc1ccc([N+](=O)[O-])cc1[N+](=O)[O-]. The van der Waals surface area contributed by atoms with Crippen LogP contribution in [0.5, 0.6) is 17.2 Å². The van der Waals surface area contributed by atoms with E-state index in [0.29, 0.717) is 11.3 Å². The van der Waals surface area contributed by atoms with Crippen LogP contribution in [0, 0.1) is 30.3 Å². The predicted molar refractivity (Wildman–Crippen MR) is 142 cm³/mol. The van der Waals surface area contributed by atoms with Gasteiger partial charge < -0.3 is 9.47 Å². The number of hydrogen-bond acceptors (Lipinski definition) is 11. The highest BCUT2D eigenvalue weighted by molar-refractivity contribution is 8.27. The van der Waals surface area contributed by atoms with Crippen LogP contribution in [0.25, 0.3) is 6.08 Å². The Bertz CT molecular complexity index is 1540. The van der Waals surface area contributed by atoms with Crippen LogP contribution in [0.2, 0.25) is 0 Å². The lowest BCUT2D eigenvalue weighted by Gasteiger charge is -2.14. The first kappa shape index (κ1) is 26.2. The summed E-state index contributed by atoms with van der Waals surface area (Å²) >= 11 is 6.33. The molecule has 1 aliphatic heterocycles. The van der Waals surface area contributed by atoms with Crippen molar-refractivity contribution in [1.29, 1.82) is 0 Å². The molecule has 0 atom stereocenters. The summed E-state index contributed by atoms with van der Waals surface area (Å²) in [5, 5.41) is 33.6. The van der Waals surface area contributed by atoms with Crippen molar-refractivity contribution in [3.63, 3.8) is 0 Å². The average Bonchev–Trinajstić information content (AvgIpc) is 3.17. The fraction of sp³-hybridized carbons (Fsp3) is 0.0435. The minimum absolute atomic E-state index is 0.0209. The standard InChI is InChI=1S/C23H14N4O9S2/c1-35-19-4-2-3-13(21(19)36-18-10-9-16(26(31)32)12-17(18)27(33)34)11-20-22(28)24(23(37)38-20)14-5-7-15(8-6-14)25(29)30/h2-12H,1H3/b20-11-. The summed E-state index contributed by atoms with van der Waals surface area (Å²) in [7, 11) is 1.35. The number of amides is 1. The third-order valence-electron chi connectivity index (χ3n) is 5.19. The van der Waals surface area contributed by atoms with Gasteiger partial charge in [-0.2, -0.15) is 0 Å². The van der Waals surface area contributed by atoms with Crippen molar-refractivity contribution in [2.75, 3.05) is 12.0 Å². The number of anilines is 1. The summed E-state index contributed by atoms with van der Waals surface area (Å²) in [5.41, 5.74) is -0.626. The minimum Gasteiger partial charge on any atom is -0.493 e. The van der Waals surface area contributed by atoms with Crippen molar-refractivity contribution in [3.8, 4) is 17.2 Å². The number of thiocarbonyl (C=S) groups is 1. The molecule has 0 saturated carbocycles. The smallest absolute Gasteiger partial charge is 0.318 e. The molecule has 192 valence electrons. The van der Waals surface area contributed by atoms with Crippen molar-refractivity contribution in [2.45, 2.75) is 0 Å². The number of thioether (sulfide) groups is 1. The molecule has 3 aromatic rings. The van der Waals surface area contributed by atoms with Crippen LogP contribution < -0.4 is 14.4 Å². The predicted octanol–water partition coefficient (Wildman–Crippen LogP) is 5.62. The number of benzene rings is 3. The Morgan fingerprint density at radius 2 is 1.55 bits per heavy atom. The number of non-ortho nitro benzene ring substituents is 2. The summed E-state index contributed by atoms with van der Waals surface area (Å²) in [6.45, 7) is 0. The van der Waals surface area contributed by atoms with E-state index >= 15 is 0 Å². The number of methoxy groups -OCH3 is 1. The van der Waals surface area contributed by atoms with Gasteiger partial charge in [0.25, 0.3) is 17.3 Å². The molecule has 0 aliphatic carbocycles. The quantitative estimate of drug-likeness (QED) is 0.147. The normalized spacial score (nSPS) is 14.0. The molecule has 0 N–H and O–H groups in total. The number of carbonyl (C=O) groups is 1. The van der Waals surface area contributed by atoms with E-state index in [9.17, 15) is 35.1 Å². The Kier molecular flexibility index (Phi) is 7.31. The fourth-order valence-electron chi connectivity index (χ4n) is 3.43. The van der Waals surface area contributed by atoms with E-state index < -0.39 is 32.1 Å². The van der Waals surface area contributed by atoms with E-state index in [1.807, 2.05) is 0 Å². The van der Waals surface area contributed by atoms with Crippen LogP contribution in [-0.2, 0) is 4.79 Å². The third kappa shape index (κ3) is 5.14. The largest absolute Gasteiger partial charge is 0.493 e. The Balaban J connectivity index is 1.72. The van der Waals surface area contributed by atoms with Crippen molar-refractivity contribution < 1.29 is 29.0 Å². The van der Waals surface area contributed by atoms with Crippen molar-refractivity contribution >= 4 is 63.0 Å². The lowest BCUT2D eigenvalue weighted by Crippen LogP contribution is -2.27. The second kappa shape index (κ2) is 10.6. The topological polar surface area (TPSA) is 168 Å². The number of nitro benzene ring substituents is 3. The molecule has 1 heterocycles. The molecule has 1 fully saturated rings. The molecule has 0 bridgehead atoms. The maximum Gasteiger partial charge on any atom is 0.318 e. The molecule has 1 amide bonds. The van der Waals surface area contributed by atoms with Crippen molar-refractivity contribution in [2.24, 2.45) is 0 Å². The lowest BCUT2D eigenvalue weighted by atomic mass is 10.1. The van der Waals surface area contributed by atoms with Gasteiger partial charge >= 0.3 is 5.69 Å². The highest BCUT2D eigenvalue weighted by Gasteiger charge is 2.34. The van der Waals surface area contributed by atoms with Crippen molar-refractivity contribution in [3.05, 3.63) is 101 Å². The van der Waals surface area contributed by atoms with E-state index in [1.54, 1.807) is 12.1 Å². The van der Waals surface area contributed by atoms with E-state index in [1.165, 1.54) is 48.4 Å². The van der Waals surface area contributed by atoms with Crippen LogP contribution >= 0.6 is 24.0 Å². The van der Waals surface area contributed by atoms with E-state index in [0.717, 1.165) is 30.0 Å². The van der Waals surface area contributed by atoms with Crippen LogP contribution in [0.15, 0.2) is 65.6 Å². The number of para-hydroxylation sites is 1. The van der Waals surface area contributed by atoms with E-state index in [-0.39, 0.29) is 32.2 Å². The summed E-state index contributed by atoms with van der Waals surface area (Å²) < 4.78 is 11.3. The Labute approximate surface area is 222 Å². The maximum atomic E-state index is 13.2. The van der Waals surface area contributed by atoms with Crippen LogP contribution in [0.1, 0.15) is 5.56 Å².